The van der Waals surface area contributed by atoms with Gasteiger partial charge in [-0.15, -0.1) is 0 Å². The molecule has 0 spiro atoms. The molecule has 18 heavy (non-hydrogen) atoms. The van der Waals surface area contributed by atoms with Crippen molar-refractivity contribution in [1.29, 1.82) is 0 Å². The first-order chi connectivity index (χ1) is 8.52. The molecule has 0 radical (unpaired) electrons. The number of nitrogens with two attached hydrogens (primary N) is 1. The second kappa shape index (κ2) is 7.25. The summed E-state index contributed by atoms with van der Waals surface area (Å²) >= 11 is 0. The van der Waals surface area contributed by atoms with Crippen LogP contribution in [0.4, 0.5) is 14.5 Å². The van der Waals surface area contributed by atoms with Crippen molar-refractivity contribution >= 4 is 5.69 Å². The lowest BCUT2D eigenvalue weighted by molar-refractivity contribution is 0.0461. The SMILES string of the molecule is Nc1cccc(C(O)CN(CCO)CC(F)F)c1. The van der Waals surface area contributed by atoms with Crippen LogP contribution in [0.25, 0.3) is 0 Å². The van der Waals surface area contributed by atoms with E-state index < -0.39 is 19.1 Å². The number of anilines is 1. The number of halogens is 2. The van der Waals surface area contributed by atoms with Crippen LogP contribution in [0.3, 0.4) is 0 Å². The second-order valence-corrected chi connectivity index (χ2v) is 4.06. The summed E-state index contributed by atoms with van der Waals surface area (Å²) in [6.45, 7) is -0.561. The molecule has 102 valence electrons. The molecule has 6 heteroatoms. The Morgan fingerprint density at radius 1 is 1.28 bits per heavy atom. The van der Waals surface area contributed by atoms with Gasteiger partial charge in [0.2, 0.25) is 0 Å². The van der Waals surface area contributed by atoms with Gasteiger partial charge in [0.1, 0.15) is 0 Å². The van der Waals surface area contributed by atoms with Gasteiger partial charge in [-0.05, 0) is 17.7 Å². The minimum Gasteiger partial charge on any atom is -0.399 e. The summed E-state index contributed by atoms with van der Waals surface area (Å²) in [5.74, 6) is 0. The fourth-order valence-corrected chi connectivity index (χ4v) is 1.71. The fraction of sp³-hybridized carbons (Fsp3) is 0.500. The topological polar surface area (TPSA) is 69.7 Å². The van der Waals surface area contributed by atoms with E-state index >= 15 is 0 Å². The van der Waals surface area contributed by atoms with Crippen LogP contribution in [0.15, 0.2) is 24.3 Å². The van der Waals surface area contributed by atoms with Crippen molar-refractivity contribution in [2.75, 3.05) is 32.0 Å². The van der Waals surface area contributed by atoms with Crippen molar-refractivity contribution in [3.05, 3.63) is 29.8 Å². The number of benzene rings is 1. The fourth-order valence-electron chi connectivity index (χ4n) is 1.71. The van der Waals surface area contributed by atoms with Crippen LogP contribution in [-0.4, -0.2) is 47.8 Å². The summed E-state index contributed by atoms with van der Waals surface area (Å²) < 4.78 is 24.6. The van der Waals surface area contributed by atoms with Crippen molar-refractivity contribution in [1.82, 2.24) is 4.90 Å². The van der Waals surface area contributed by atoms with Gasteiger partial charge < -0.3 is 15.9 Å². The van der Waals surface area contributed by atoms with Gasteiger partial charge in [-0.3, -0.25) is 4.90 Å². The first-order valence-corrected chi connectivity index (χ1v) is 5.67. The van der Waals surface area contributed by atoms with Crippen LogP contribution in [0.1, 0.15) is 11.7 Å². The predicted octanol–water partition coefficient (Wildman–Crippen LogP) is 0.862. The van der Waals surface area contributed by atoms with Crippen LogP contribution < -0.4 is 5.73 Å². The van der Waals surface area contributed by atoms with E-state index in [4.69, 9.17) is 10.8 Å². The average molecular weight is 260 g/mol. The molecule has 1 aromatic carbocycles. The summed E-state index contributed by atoms with van der Waals surface area (Å²) in [7, 11) is 0. The van der Waals surface area contributed by atoms with E-state index in [1.165, 1.54) is 4.90 Å². The number of nitrogen functional groups attached to an aromatic ring is 1. The number of hydrogen-bond acceptors (Lipinski definition) is 4. The molecule has 0 heterocycles. The van der Waals surface area contributed by atoms with Gasteiger partial charge in [0.25, 0.3) is 6.43 Å². The van der Waals surface area contributed by atoms with Crippen molar-refractivity contribution in [3.8, 4) is 0 Å². The van der Waals surface area contributed by atoms with E-state index in [0.717, 1.165) is 0 Å². The van der Waals surface area contributed by atoms with Crippen LogP contribution in [-0.2, 0) is 0 Å². The molecule has 0 aliphatic heterocycles. The van der Waals surface area contributed by atoms with Crippen LogP contribution in [0.5, 0.6) is 0 Å². The van der Waals surface area contributed by atoms with Gasteiger partial charge >= 0.3 is 0 Å². The van der Waals surface area contributed by atoms with Gasteiger partial charge in [-0.25, -0.2) is 8.78 Å². The average Bonchev–Trinajstić information content (AvgIpc) is 2.28. The monoisotopic (exact) mass is 260 g/mol. The molecule has 1 aromatic rings. The van der Waals surface area contributed by atoms with Gasteiger partial charge in [-0.2, -0.15) is 0 Å². The molecule has 0 saturated carbocycles. The lowest BCUT2D eigenvalue weighted by Crippen LogP contribution is -2.35. The minimum absolute atomic E-state index is 0.0361. The van der Waals surface area contributed by atoms with E-state index in [-0.39, 0.29) is 19.7 Å². The molecule has 0 aliphatic carbocycles. The van der Waals surface area contributed by atoms with Crippen molar-refractivity contribution < 1.29 is 19.0 Å². The molecule has 0 fully saturated rings. The van der Waals surface area contributed by atoms with Crippen molar-refractivity contribution in [3.63, 3.8) is 0 Å². The predicted molar refractivity (Wildman–Crippen MR) is 65.3 cm³/mol. The normalized spacial score (nSPS) is 13.2. The quantitative estimate of drug-likeness (QED) is 0.636. The smallest absolute Gasteiger partial charge is 0.251 e. The standard InChI is InChI=1S/C12H18F2N2O2/c13-12(14)8-16(4-5-17)7-11(18)9-2-1-3-10(15)6-9/h1-3,6,11-12,17-18H,4-5,7-8,15H2. The molecule has 1 rings (SSSR count). The molecule has 4 nitrogen and oxygen atoms in total. The Morgan fingerprint density at radius 3 is 2.56 bits per heavy atom. The number of nitrogens with zero attached hydrogens (tertiary/aromatic N) is 1. The maximum atomic E-state index is 12.3. The van der Waals surface area contributed by atoms with E-state index in [2.05, 4.69) is 0 Å². The maximum absolute atomic E-state index is 12.3. The minimum atomic E-state index is -2.50. The Kier molecular flexibility index (Phi) is 5.97. The summed E-state index contributed by atoms with van der Waals surface area (Å²) in [4.78, 5) is 1.32. The molecule has 0 aromatic heterocycles. The summed E-state index contributed by atoms with van der Waals surface area (Å²) in [5.41, 5.74) is 6.67. The zero-order valence-electron chi connectivity index (χ0n) is 9.97. The lowest BCUT2D eigenvalue weighted by atomic mass is 10.1. The molecule has 0 amide bonds. The van der Waals surface area contributed by atoms with E-state index in [1.54, 1.807) is 24.3 Å². The summed E-state index contributed by atoms with van der Waals surface area (Å²) in [5, 5.41) is 18.7. The molecule has 1 atom stereocenters. The maximum Gasteiger partial charge on any atom is 0.251 e. The molecule has 4 N–H and O–H groups in total. The number of rotatable bonds is 7. The van der Waals surface area contributed by atoms with Crippen LogP contribution in [0, 0.1) is 0 Å². The van der Waals surface area contributed by atoms with Crippen LogP contribution >= 0.6 is 0 Å². The van der Waals surface area contributed by atoms with E-state index in [1.807, 2.05) is 0 Å². The van der Waals surface area contributed by atoms with Crippen molar-refractivity contribution in [2.24, 2.45) is 0 Å². The molecule has 0 saturated heterocycles. The highest BCUT2D eigenvalue weighted by molar-refractivity contribution is 5.41. The summed E-state index contributed by atoms with van der Waals surface area (Å²) in [6.07, 6.45) is -3.40. The Hall–Kier alpha value is -1.24. The molecular formula is C12H18F2N2O2. The molecule has 1 unspecified atom stereocenters. The van der Waals surface area contributed by atoms with Crippen LogP contribution in [0.2, 0.25) is 0 Å². The molecule has 0 bridgehead atoms. The number of aliphatic hydroxyl groups is 2. The second-order valence-electron chi connectivity index (χ2n) is 4.06. The summed E-state index contributed by atoms with van der Waals surface area (Å²) in [6, 6.07) is 6.66. The number of aliphatic hydroxyl groups excluding tert-OH is 2. The highest BCUT2D eigenvalue weighted by atomic mass is 19.3. The first-order valence-electron chi connectivity index (χ1n) is 5.67. The lowest BCUT2D eigenvalue weighted by Gasteiger charge is -2.24. The number of alkyl halides is 2. The Labute approximate surface area is 105 Å². The Balaban J connectivity index is 2.62. The first kappa shape index (κ1) is 14.8. The highest BCUT2D eigenvalue weighted by Crippen LogP contribution is 2.17. The zero-order chi connectivity index (χ0) is 13.5. The Morgan fingerprint density at radius 2 is 2.00 bits per heavy atom. The highest BCUT2D eigenvalue weighted by Gasteiger charge is 2.17. The zero-order valence-corrected chi connectivity index (χ0v) is 9.97. The van der Waals surface area contributed by atoms with E-state index in [9.17, 15) is 13.9 Å². The molecular weight excluding hydrogens is 242 g/mol. The van der Waals surface area contributed by atoms with Crippen molar-refractivity contribution in [2.45, 2.75) is 12.5 Å². The third-order valence-electron chi connectivity index (χ3n) is 2.54. The largest absolute Gasteiger partial charge is 0.399 e. The van der Waals surface area contributed by atoms with Gasteiger partial charge in [0.05, 0.1) is 19.3 Å². The third-order valence-corrected chi connectivity index (χ3v) is 2.54. The van der Waals surface area contributed by atoms with Gasteiger partial charge in [0, 0.05) is 18.8 Å². The van der Waals surface area contributed by atoms with Gasteiger partial charge in [-0.1, -0.05) is 12.1 Å². The number of hydrogen-bond donors (Lipinski definition) is 3. The third kappa shape index (κ3) is 4.95. The Bertz CT molecular complexity index is 364. The molecule has 0 aliphatic rings. The van der Waals surface area contributed by atoms with Gasteiger partial charge in [0.15, 0.2) is 0 Å². The van der Waals surface area contributed by atoms with E-state index in [0.29, 0.717) is 11.3 Å².